The van der Waals surface area contributed by atoms with Crippen molar-refractivity contribution in [3.05, 3.63) is 134 Å². The van der Waals surface area contributed by atoms with Crippen LogP contribution in [0.15, 0.2) is 102 Å². The van der Waals surface area contributed by atoms with Gasteiger partial charge in [-0.05, 0) is 48.2 Å². The lowest BCUT2D eigenvalue weighted by Gasteiger charge is -2.32. The average Bonchev–Trinajstić information content (AvgIpc) is 3.18. The summed E-state index contributed by atoms with van der Waals surface area (Å²) in [6.45, 7) is 2.43. The minimum absolute atomic E-state index is 0.0272. The van der Waals surface area contributed by atoms with Crippen molar-refractivity contribution in [2.75, 3.05) is 45.1 Å². The van der Waals surface area contributed by atoms with Gasteiger partial charge in [-0.2, -0.15) is 0 Å². The van der Waals surface area contributed by atoms with Crippen LogP contribution < -0.4 is 16.2 Å². The molecule has 5 N–H and O–H groups in total. The van der Waals surface area contributed by atoms with Gasteiger partial charge in [0.2, 0.25) is 5.56 Å². The molecule has 1 aromatic heterocycles. The number of aromatic nitrogens is 1. The molecule has 0 aliphatic carbocycles. The topological polar surface area (TPSA) is 190 Å². The summed E-state index contributed by atoms with van der Waals surface area (Å²) >= 11 is 0. The molecule has 0 unspecified atom stereocenters. The molecule has 1 aliphatic rings. The highest BCUT2D eigenvalue weighted by Crippen LogP contribution is 2.30. The molecular weight excluding hydrogens is 692 g/mol. The largest absolute Gasteiger partial charge is 0.506 e. The number of pyridine rings is 1. The van der Waals surface area contributed by atoms with Gasteiger partial charge < -0.3 is 35.1 Å². The van der Waals surface area contributed by atoms with E-state index in [-0.39, 0.29) is 47.6 Å². The highest BCUT2D eigenvalue weighted by molar-refractivity contribution is 5.95. The van der Waals surface area contributed by atoms with E-state index in [4.69, 9.17) is 4.74 Å². The van der Waals surface area contributed by atoms with Crippen LogP contribution in [0.3, 0.4) is 0 Å². The molecule has 14 heteroatoms. The van der Waals surface area contributed by atoms with Crippen LogP contribution >= 0.6 is 0 Å². The van der Waals surface area contributed by atoms with E-state index in [1.807, 2.05) is 54.6 Å². The fourth-order valence-electron chi connectivity index (χ4n) is 6.64. The maximum absolute atomic E-state index is 13.3. The third-order valence-electron chi connectivity index (χ3n) is 9.60. The van der Waals surface area contributed by atoms with E-state index in [0.717, 1.165) is 11.1 Å². The summed E-state index contributed by atoms with van der Waals surface area (Å²) in [4.78, 5) is 55.5. The number of carbonyl (C=O) groups excluding carboxylic acids is 2. The number of H-pyrrole nitrogens is 1. The van der Waals surface area contributed by atoms with Gasteiger partial charge in [0.05, 0.1) is 22.2 Å². The van der Waals surface area contributed by atoms with Gasteiger partial charge in [-0.15, -0.1) is 0 Å². The van der Waals surface area contributed by atoms with Gasteiger partial charge in [0.15, 0.2) is 0 Å². The normalized spacial score (nSPS) is 14.0. The quantitative estimate of drug-likeness (QED) is 0.0772. The number of nitro groups is 1. The number of aliphatic hydroxyl groups excluding tert-OH is 1. The number of rotatable bonds is 13. The zero-order chi connectivity index (χ0) is 38.2. The van der Waals surface area contributed by atoms with Gasteiger partial charge in [0.25, 0.3) is 11.6 Å². The summed E-state index contributed by atoms with van der Waals surface area (Å²) < 4.78 is 5.74. The van der Waals surface area contributed by atoms with E-state index in [9.17, 15) is 34.7 Å². The molecule has 5 aromatic rings. The Kier molecular flexibility index (Phi) is 12.0. The molecule has 1 fully saturated rings. The second-order valence-electron chi connectivity index (χ2n) is 13.2. The van der Waals surface area contributed by atoms with Crippen molar-refractivity contribution >= 4 is 34.3 Å². The van der Waals surface area contributed by atoms with Gasteiger partial charge in [-0.25, -0.2) is 4.79 Å². The Morgan fingerprint density at radius 2 is 1.76 bits per heavy atom. The van der Waals surface area contributed by atoms with E-state index >= 15 is 0 Å². The van der Waals surface area contributed by atoms with E-state index in [2.05, 4.69) is 20.5 Å². The van der Waals surface area contributed by atoms with Crippen LogP contribution in [0, 0.1) is 10.1 Å². The fraction of sp³-hybridized carbons (Fsp3) is 0.275. The maximum atomic E-state index is 13.3. The number of para-hydroxylation sites is 1. The van der Waals surface area contributed by atoms with Gasteiger partial charge in [0.1, 0.15) is 11.9 Å². The smallest absolute Gasteiger partial charge is 0.411 e. The average molecular weight is 735 g/mol. The second-order valence-corrected chi connectivity index (χ2v) is 13.2. The number of aliphatic hydroxyl groups is 1. The van der Waals surface area contributed by atoms with Crippen molar-refractivity contribution in [3.8, 4) is 16.9 Å². The predicted molar refractivity (Wildman–Crippen MR) is 204 cm³/mol. The number of ether oxygens (including phenoxy) is 1. The number of benzene rings is 4. The number of nitrogens with one attached hydrogen (secondary N) is 3. The van der Waals surface area contributed by atoms with Crippen LogP contribution in [-0.2, 0) is 11.3 Å². The van der Waals surface area contributed by atoms with E-state index in [0.29, 0.717) is 61.2 Å². The van der Waals surface area contributed by atoms with Crippen LogP contribution in [-0.4, -0.2) is 87.8 Å². The van der Waals surface area contributed by atoms with E-state index < -0.39 is 22.7 Å². The number of phenols is 1. The highest BCUT2D eigenvalue weighted by Gasteiger charge is 2.25. The lowest BCUT2D eigenvalue weighted by atomic mass is 10.0. The number of aromatic amines is 1. The van der Waals surface area contributed by atoms with Crippen molar-refractivity contribution in [1.29, 1.82) is 0 Å². The van der Waals surface area contributed by atoms with Crippen LogP contribution in [0.1, 0.15) is 40.4 Å². The van der Waals surface area contributed by atoms with Crippen molar-refractivity contribution in [2.45, 2.75) is 31.6 Å². The molecule has 280 valence electrons. The number of carbonyl (C=O) groups is 2. The Bertz CT molecular complexity index is 2190. The second kappa shape index (κ2) is 17.2. The Labute approximate surface area is 311 Å². The summed E-state index contributed by atoms with van der Waals surface area (Å²) in [6.07, 6.45) is -0.481. The number of hydrogen-bond donors (Lipinski definition) is 5. The van der Waals surface area contributed by atoms with Crippen molar-refractivity contribution in [1.82, 2.24) is 20.1 Å². The van der Waals surface area contributed by atoms with Crippen LogP contribution in [0.4, 0.5) is 16.2 Å². The Morgan fingerprint density at radius 3 is 2.52 bits per heavy atom. The van der Waals surface area contributed by atoms with E-state index in [1.165, 1.54) is 35.2 Å². The number of likely N-dealkylation sites (tertiary alicyclic amines) is 1. The predicted octanol–water partition coefficient (Wildman–Crippen LogP) is 5.42. The standard InChI is InChI=1S/C40H42N6O8/c1-44(21-22-45-19-17-29(18-20-45)54-40(51)42-33-10-6-5-9-30(33)26-7-3-2-4-8-26)39(50)27-11-12-28(34(23-27)46(52)53)24-41-25-36(48)31-13-15-35(47)38-32(31)14-16-37(49)43-38/h2-16,23,29,36,41,47-48H,17-22,24-25H2,1H3,(H,42,51)(H,43,49)/t36-/m0/s1. The summed E-state index contributed by atoms with van der Waals surface area (Å²) in [7, 11) is 1.65. The number of phenolic OH excluding ortho intramolecular Hbond substituents is 1. The molecule has 54 heavy (non-hydrogen) atoms. The van der Waals surface area contributed by atoms with Gasteiger partial charge >= 0.3 is 6.09 Å². The van der Waals surface area contributed by atoms with Crippen molar-refractivity contribution in [2.24, 2.45) is 0 Å². The summed E-state index contributed by atoms with van der Waals surface area (Å²) in [5.74, 6) is -0.478. The van der Waals surface area contributed by atoms with Crippen molar-refractivity contribution < 1.29 is 29.5 Å². The number of nitrogens with zero attached hydrogens (tertiary/aromatic N) is 3. The van der Waals surface area contributed by atoms with Crippen LogP contribution in [0.25, 0.3) is 22.0 Å². The first-order valence-corrected chi connectivity index (χ1v) is 17.7. The molecule has 0 radical (unpaired) electrons. The number of amides is 2. The zero-order valence-corrected chi connectivity index (χ0v) is 29.7. The van der Waals surface area contributed by atoms with E-state index in [1.54, 1.807) is 19.2 Å². The summed E-state index contributed by atoms with van der Waals surface area (Å²) in [5.41, 5.74) is 3.15. The first kappa shape index (κ1) is 37.7. The van der Waals surface area contributed by atoms with Crippen molar-refractivity contribution in [3.63, 3.8) is 0 Å². The molecule has 4 aromatic carbocycles. The van der Waals surface area contributed by atoms with Crippen LogP contribution in [0.2, 0.25) is 0 Å². The molecule has 2 amide bonds. The first-order chi connectivity index (χ1) is 26.1. The summed E-state index contributed by atoms with van der Waals surface area (Å²) in [5, 5.41) is 39.3. The molecule has 14 nitrogen and oxygen atoms in total. The van der Waals surface area contributed by atoms with Gasteiger partial charge in [-0.3, -0.25) is 25.0 Å². The van der Waals surface area contributed by atoms with Gasteiger partial charge in [-0.1, -0.05) is 60.7 Å². The number of hydrogen-bond acceptors (Lipinski definition) is 10. The monoisotopic (exact) mass is 734 g/mol. The molecular formula is C40H42N6O8. The molecule has 1 atom stereocenters. The maximum Gasteiger partial charge on any atom is 0.411 e. The number of anilines is 1. The number of aromatic hydroxyl groups is 1. The Balaban J connectivity index is 0.963. The number of likely N-dealkylation sites (N-methyl/N-ethyl adjacent to an activating group) is 1. The Morgan fingerprint density at radius 1 is 1.02 bits per heavy atom. The lowest BCUT2D eigenvalue weighted by Crippen LogP contribution is -2.42. The zero-order valence-electron chi connectivity index (χ0n) is 29.7. The third kappa shape index (κ3) is 9.09. The van der Waals surface area contributed by atoms with Crippen LogP contribution in [0.5, 0.6) is 5.75 Å². The molecule has 1 aliphatic heterocycles. The lowest BCUT2D eigenvalue weighted by molar-refractivity contribution is -0.385. The van der Waals surface area contributed by atoms with Gasteiger partial charge in [0, 0.05) is 80.5 Å². The SMILES string of the molecule is CN(CCN1CCC(OC(=O)Nc2ccccc2-c2ccccc2)CC1)C(=O)c1ccc(CNC[C@H](O)c2ccc(O)c3[nH]c(=O)ccc23)c([N+](=O)[O-])c1. The molecule has 0 bridgehead atoms. The summed E-state index contributed by atoms with van der Waals surface area (Å²) in [6, 6.07) is 27.5. The number of fused-ring (bicyclic) bond motifs is 1. The molecule has 6 rings (SSSR count). The first-order valence-electron chi connectivity index (χ1n) is 17.7. The minimum atomic E-state index is -1.04. The molecule has 0 spiro atoms. The minimum Gasteiger partial charge on any atom is -0.506 e. The number of nitro benzene ring substituents is 1. The highest BCUT2D eigenvalue weighted by atomic mass is 16.6. The molecule has 0 saturated carbocycles. The Hall–Kier alpha value is -6.09. The fourth-order valence-corrected chi connectivity index (χ4v) is 6.64. The molecule has 2 heterocycles. The molecule has 1 saturated heterocycles. The third-order valence-corrected chi connectivity index (χ3v) is 9.60. The number of piperidine rings is 1.